The van der Waals surface area contributed by atoms with Crippen LogP contribution in [-0.4, -0.2) is 112 Å². The average molecular weight is 704 g/mol. The molecule has 274 valence electrons. The minimum Gasteiger partial charge on any atom is -0.484 e. The molecular weight excluding hydrogens is 654 g/mol. The lowest BCUT2D eigenvalue weighted by Crippen LogP contribution is -2.59. The molecule has 3 aromatic rings. The summed E-state index contributed by atoms with van der Waals surface area (Å²) in [7, 11) is 3.22. The Labute approximate surface area is 297 Å². The third kappa shape index (κ3) is 8.33. The van der Waals surface area contributed by atoms with Crippen LogP contribution in [0.25, 0.3) is 10.9 Å². The number of piperidine rings is 1. The van der Waals surface area contributed by atoms with Crippen LogP contribution in [0.5, 0.6) is 5.75 Å². The van der Waals surface area contributed by atoms with Crippen LogP contribution in [0.1, 0.15) is 56.6 Å². The standard InChI is InChI=1S/C37H49N7O7/c1-22(2)30-34(48)38-21-37(14-16-44(17-15-37)36(50)32-27-12-7-8-13-28(27)43(6)41-32)19-25-10-9-11-26(18-25)51-20-29(46)39-31(24(4)45)35(49)42(5)23(3)33(47)40-30/h7-13,18,22-24,30-31,45H,14-17,19-21H2,1-6H3,(H,38,48)(H,39,46)(H,40,47)/t23-,24+,30+,31-/m0/s1. The quantitative estimate of drug-likeness (QED) is 0.317. The van der Waals surface area contributed by atoms with Crippen molar-refractivity contribution in [2.45, 2.75) is 71.2 Å². The minimum absolute atomic E-state index is 0.145. The van der Waals surface area contributed by atoms with Crippen LogP contribution in [0.3, 0.4) is 0 Å². The summed E-state index contributed by atoms with van der Waals surface area (Å²) in [4.78, 5) is 70.2. The lowest BCUT2D eigenvalue weighted by atomic mass is 9.73. The van der Waals surface area contributed by atoms with Crippen molar-refractivity contribution < 1.29 is 33.8 Å². The number of aliphatic hydroxyl groups excluding tert-OH is 1. The third-order valence-electron chi connectivity index (χ3n) is 10.2. The molecule has 14 heteroatoms. The second-order valence-electron chi connectivity index (χ2n) is 14.3. The molecule has 14 nitrogen and oxygen atoms in total. The number of nitrogens with zero attached hydrogens (tertiary/aromatic N) is 4. The van der Waals surface area contributed by atoms with Gasteiger partial charge in [0.05, 0.1) is 11.6 Å². The van der Waals surface area contributed by atoms with Crippen molar-refractivity contribution in [3.63, 3.8) is 0 Å². The van der Waals surface area contributed by atoms with Gasteiger partial charge in [-0.15, -0.1) is 0 Å². The normalized spacial score (nSPS) is 23.1. The summed E-state index contributed by atoms with van der Waals surface area (Å²) in [5.74, 6) is -2.19. The summed E-state index contributed by atoms with van der Waals surface area (Å²) in [6, 6.07) is 11.7. The summed E-state index contributed by atoms with van der Waals surface area (Å²) in [6.07, 6.45) is 0.457. The van der Waals surface area contributed by atoms with Gasteiger partial charge >= 0.3 is 0 Å². The highest BCUT2D eigenvalue weighted by molar-refractivity contribution is 6.05. The molecule has 2 aliphatic heterocycles. The molecule has 2 aromatic carbocycles. The predicted octanol–water partition coefficient (Wildman–Crippen LogP) is 1.40. The molecule has 0 radical (unpaired) electrons. The molecule has 2 bridgehead atoms. The van der Waals surface area contributed by atoms with Crippen molar-refractivity contribution in [2.24, 2.45) is 18.4 Å². The van der Waals surface area contributed by atoms with Crippen LogP contribution < -0.4 is 20.7 Å². The van der Waals surface area contributed by atoms with Gasteiger partial charge in [0.25, 0.3) is 11.8 Å². The number of aliphatic hydroxyl groups is 1. The molecule has 1 spiro atoms. The Bertz CT molecular complexity index is 1780. The lowest BCUT2D eigenvalue weighted by molar-refractivity contribution is -0.144. The lowest BCUT2D eigenvalue weighted by Gasteiger charge is -2.42. The van der Waals surface area contributed by atoms with Crippen molar-refractivity contribution >= 4 is 40.4 Å². The molecule has 5 amide bonds. The highest BCUT2D eigenvalue weighted by Gasteiger charge is 2.39. The number of hydrogen-bond acceptors (Lipinski definition) is 8. The number of hydrogen-bond donors (Lipinski definition) is 4. The summed E-state index contributed by atoms with van der Waals surface area (Å²) in [5, 5.41) is 24.2. The van der Waals surface area contributed by atoms with E-state index in [0.29, 0.717) is 43.8 Å². The number of carbonyl (C=O) groups is 5. The van der Waals surface area contributed by atoms with E-state index in [1.54, 1.807) is 10.7 Å². The molecule has 5 rings (SSSR count). The van der Waals surface area contributed by atoms with Crippen LogP contribution in [0.4, 0.5) is 0 Å². The van der Waals surface area contributed by atoms with E-state index >= 15 is 0 Å². The van der Waals surface area contributed by atoms with E-state index in [9.17, 15) is 29.1 Å². The van der Waals surface area contributed by atoms with Crippen LogP contribution >= 0.6 is 0 Å². The number of amides is 5. The first kappa shape index (κ1) is 37.3. The number of likely N-dealkylation sites (tertiary alicyclic amines) is 1. The Balaban J connectivity index is 1.42. The molecule has 1 fully saturated rings. The maximum absolute atomic E-state index is 13.8. The third-order valence-corrected chi connectivity index (χ3v) is 10.2. The van der Waals surface area contributed by atoms with Gasteiger partial charge in [-0.2, -0.15) is 5.10 Å². The Morgan fingerprint density at radius 1 is 0.961 bits per heavy atom. The molecule has 1 aromatic heterocycles. The van der Waals surface area contributed by atoms with Gasteiger partial charge in [0, 0.05) is 39.1 Å². The first-order valence-electron chi connectivity index (χ1n) is 17.4. The van der Waals surface area contributed by atoms with E-state index in [1.807, 2.05) is 68.3 Å². The second kappa shape index (κ2) is 15.5. The Morgan fingerprint density at radius 3 is 2.35 bits per heavy atom. The smallest absolute Gasteiger partial charge is 0.275 e. The van der Waals surface area contributed by atoms with E-state index in [1.165, 1.54) is 20.9 Å². The molecule has 4 N–H and O–H groups in total. The number of likely N-dealkylation sites (N-methyl/N-ethyl adjacent to an activating group) is 1. The molecule has 51 heavy (non-hydrogen) atoms. The number of benzene rings is 2. The van der Waals surface area contributed by atoms with E-state index in [4.69, 9.17) is 4.74 Å². The van der Waals surface area contributed by atoms with Crippen LogP contribution in [0, 0.1) is 11.3 Å². The van der Waals surface area contributed by atoms with Crippen molar-refractivity contribution in [3.8, 4) is 5.75 Å². The highest BCUT2D eigenvalue weighted by Crippen LogP contribution is 2.36. The zero-order valence-corrected chi connectivity index (χ0v) is 30.1. The maximum atomic E-state index is 13.8. The Hall–Kier alpha value is -4.98. The monoisotopic (exact) mass is 703 g/mol. The van der Waals surface area contributed by atoms with Gasteiger partial charge < -0.3 is 35.6 Å². The van der Waals surface area contributed by atoms with Crippen molar-refractivity contribution in [2.75, 3.05) is 33.3 Å². The summed E-state index contributed by atoms with van der Waals surface area (Å²) >= 11 is 0. The molecular formula is C37H49N7O7. The first-order chi connectivity index (χ1) is 24.2. The number of para-hydroxylation sites is 1. The van der Waals surface area contributed by atoms with Gasteiger partial charge in [-0.1, -0.05) is 44.2 Å². The summed E-state index contributed by atoms with van der Waals surface area (Å²) < 4.78 is 7.52. The van der Waals surface area contributed by atoms with Gasteiger partial charge in [0.1, 0.15) is 23.9 Å². The molecule has 3 heterocycles. The number of aryl methyl sites for hydroxylation is 1. The Kier molecular flexibility index (Phi) is 11.3. The maximum Gasteiger partial charge on any atom is 0.275 e. The van der Waals surface area contributed by atoms with Gasteiger partial charge in [-0.3, -0.25) is 28.7 Å². The Morgan fingerprint density at radius 2 is 1.67 bits per heavy atom. The van der Waals surface area contributed by atoms with Gasteiger partial charge in [-0.05, 0) is 68.2 Å². The fourth-order valence-corrected chi connectivity index (χ4v) is 6.83. The van der Waals surface area contributed by atoms with E-state index < -0.39 is 54.0 Å². The van der Waals surface area contributed by atoms with Gasteiger partial charge in [0.15, 0.2) is 12.3 Å². The summed E-state index contributed by atoms with van der Waals surface area (Å²) in [6.45, 7) is 7.31. The van der Waals surface area contributed by atoms with Gasteiger partial charge in [0.2, 0.25) is 17.7 Å². The SMILES string of the molecule is CC(C)[C@H]1NC(=O)[C@H](C)N(C)C(=O)[C@H]([C@@H](C)O)NC(=O)COc2cccc(c2)CC2(CCN(C(=O)c3nn(C)c4ccccc34)CC2)CNC1=O. The molecule has 4 atom stereocenters. The summed E-state index contributed by atoms with van der Waals surface area (Å²) in [5.41, 5.74) is 1.74. The van der Waals surface area contributed by atoms with E-state index in [-0.39, 0.29) is 24.3 Å². The van der Waals surface area contributed by atoms with E-state index in [2.05, 4.69) is 21.0 Å². The number of aromatic nitrogens is 2. The number of fused-ring (bicyclic) bond motifs is 3. The molecule has 1 saturated heterocycles. The number of carbonyl (C=O) groups excluding carboxylic acids is 5. The van der Waals surface area contributed by atoms with Gasteiger partial charge in [-0.25, -0.2) is 0 Å². The van der Waals surface area contributed by atoms with Crippen molar-refractivity contribution in [3.05, 3.63) is 59.8 Å². The zero-order chi connectivity index (χ0) is 37.0. The zero-order valence-electron chi connectivity index (χ0n) is 30.1. The van der Waals surface area contributed by atoms with Crippen LogP contribution in [0.2, 0.25) is 0 Å². The molecule has 0 saturated carbocycles. The van der Waals surface area contributed by atoms with Crippen LogP contribution in [-0.2, 0) is 32.6 Å². The molecule has 0 aliphatic carbocycles. The highest BCUT2D eigenvalue weighted by atomic mass is 16.5. The molecule has 0 unspecified atom stereocenters. The molecule has 2 aliphatic rings. The first-order valence-corrected chi connectivity index (χ1v) is 17.4. The average Bonchev–Trinajstić information content (AvgIpc) is 3.45. The largest absolute Gasteiger partial charge is 0.484 e. The second-order valence-corrected chi connectivity index (χ2v) is 14.3. The predicted molar refractivity (Wildman–Crippen MR) is 190 cm³/mol. The van der Waals surface area contributed by atoms with Crippen LogP contribution in [0.15, 0.2) is 48.5 Å². The van der Waals surface area contributed by atoms with Crippen molar-refractivity contribution in [1.29, 1.82) is 0 Å². The number of rotatable bonds is 3. The number of ether oxygens (including phenoxy) is 1. The minimum atomic E-state index is -1.33. The topological polar surface area (TPSA) is 175 Å². The number of nitrogens with one attached hydrogen (secondary N) is 3. The fraction of sp³-hybridized carbons (Fsp3) is 0.514. The van der Waals surface area contributed by atoms with Crippen molar-refractivity contribution in [1.82, 2.24) is 35.5 Å². The fourth-order valence-electron chi connectivity index (χ4n) is 6.83. The van der Waals surface area contributed by atoms with E-state index in [0.717, 1.165) is 21.4 Å².